The summed E-state index contributed by atoms with van der Waals surface area (Å²) in [6, 6.07) is 11.5. The van der Waals surface area contributed by atoms with Crippen LogP contribution >= 0.6 is 0 Å². The highest BCUT2D eigenvalue weighted by atomic mass is 19.1. The van der Waals surface area contributed by atoms with Crippen LogP contribution in [0.25, 0.3) is 0 Å². The first kappa shape index (κ1) is 18.9. The molecule has 0 radical (unpaired) electrons. The number of aryl methyl sites for hydroxylation is 1. The van der Waals surface area contributed by atoms with Gasteiger partial charge in [-0.25, -0.2) is 4.39 Å². The SMILES string of the molecule is COc1cccc(C)c1C(=O)N[C@@H]1CC(=O)N(CCc2ccc(F)cc2)C1. The summed E-state index contributed by atoms with van der Waals surface area (Å²) >= 11 is 0. The molecule has 142 valence electrons. The molecule has 0 aromatic heterocycles. The largest absolute Gasteiger partial charge is 0.496 e. The number of nitrogens with zero attached hydrogens (tertiary/aromatic N) is 1. The molecule has 0 bridgehead atoms. The quantitative estimate of drug-likeness (QED) is 0.851. The van der Waals surface area contributed by atoms with E-state index < -0.39 is 0 Å². The van der Waals surface area contributed by atoms with Crippen molar-refractivity contribution in [3.05, 3.63) is 65.0 Å². The number of carbonyl (C=O) groups excluding carboxylic acids is 2. The second kappa shape index (κ2) is 8.20. The van der Waals surface area contributed by atoms with Crippen LogP contribution in [-0.4, -0.2) is 43.0 Å². The van der Waals surface area contributed by atoms with Gasteiger partial charge >= 0.3 is 0 Å². The molecule has 1 atom stereocenters. The van der Waals surface area contributed by atoms with E-state index in [0.717, 1.165) is 11.1 Å². The van der Waals surface area contributed by atoms with E-state index in [9.17, 15) is 14.0 Å². The van der Waals surface area contributed by atoms with Crippen molar-refractivity contribution in [3.63, 3.8) is 0 Å². The Bertz CT molecular complexity index is 836. The molecule has 0 spiro atoms. The lowest BCUT2D eigenvalue weighted by Gasteiger charge is -2.18. The molecule has 1 N–H and O–H groups in total. The van der Waals surface area contributed by atoms with Gasteiger partial charge in [-0.3, -0.25) is 9.59 Å². The Morgan fingerprint density at radius 3 is 2.70 bits per heavy atom. The van der Waals surface area contributed by atoms with E-state index in [1.165, 1.54) is 19.2 Å². The third-order valence-corrected chi connectivity index (χ3v) is 4.81. The fourth-order valence-electron chi connectivity index (χ4n) is 3.36. The molecule has 27 heavy (non-hydrogen) atoms. The molecule has 1 heterocycles. The van der Waals surface area contributed by atoms with Gasteiger partial charge in [0.1, 0.15) is 11.6 Å². The fraction of sp³-hybridized carbons (Fsp3) is 0.333. The minimum atomic E-state index is -0.273. The van der Waals surface area contributed by atoms with Gasteiger partial charge in [0.05, 0.1) is 18.7 Å². The molecular formula is C21H23FN2O3. The van der Waals surface area contributed by atoms with Crippen molar-refractivity contribution in [1.82, 2.24) is 10.2 Å². The zero-order valence-electron chi connectivity index (χ0n) is 15.5. The maximum Gasteiger partial charge on any atom is 0.255 e. The number of nitrogens with one attached hydrogen (secondary N) is 1. The summed E-state index contributed by atoms with van der Waals surface area (Å²) in [5, 5.41) is 2.95. The molecule has 2 amide bonds. The number of likely N-dealkylation sites (tertiary alicyclic amines) is 1. The van der Waals surface area contributed by atoms with Gasteiger partial charge in [0.15, 0.2) is 0 Å². The van der Waals surface area contributed by atoms with Crippen molar-refractivity contribution in [2.45, 2.75) is 25.8 Å². The monoisotopic (exact) mass is 370 g/mol. The average Bonchev–Trinajstić information content (AvgIpc) is 3.00. The zero-order valence-corrected chi connectivity index (χ0v) is 15.5. The van der Waals surface area contributed by atoms with Crippen molar-refractivity contribution >= 4 is 11.8 Å². The third kappa shape index (κ3) is 4.45. The van der Waals surface area contributed by atoms with Crippen LogP contribution in [0.2, 0.25) is 0 Å². The van der Waals surface area contributed by atoms with Crippen molar-refractivity contribution in [2.75, 3.05) is 20.2 Å². The van der Waals surface area contributed by atoms with Crippen LogP contribution < -0.4 is 10.1 Å². The van der Waals surface area contributed by atoms with Crippen LogP contribution in [0.1, 0.15) is 27.9 Å². The van der Waals surface area contributed by atoms with Crippen LogP contribution in [0, 0.1) is 12.7 Å². The number of rotatable bonds is 6. The second-order valence-corrected chi connectivity index (χ2v) is 6.74. The Kier molecular flexibility index (Phi) is 5.74. The predicted octanol–water partition coefficient (Wildman–Crippen LogP) is 2.72. The number of benzene rings is 2. The molecule has 3 rings (SSSR count). The van der Waals surface area contributed by atoms with Crippen LogP contribution in [0.15, 0.2) is 42.5 Å². The van der Waals surface area contributed by atoms with E-state index in [-0.39, 0.29) is 30.1 Å². The van der Waals surface area contributed by atoms with Gasteiger partial charge in [0.25, 0.3) is 5.91 Å². The maximum atomic E-state index is 13.0. The molecular weight excluding hydrogens is 347 g/mol. The number of carbonyl (C=O) groups is 2. The summed E-state index contributed by atoms with van der Waals surface area (Å²) in [7, 11) is 1.53. The van der Waals surface area contributed by atoms with E-state index in [2.05, 4.69) is 5.32 Å². The van der Waals surface area contributed by atoms with Gasteiger partial charge in [-0.2, -0.15) is 0 Å². The maximum absolute atomic E-state index is 13.0. The summed E-state index contributed by atoms with van der Waals surface area (Å²) < 4.78 is 18.3. The number of amides is 2. The lowest BCUT2D eigenvalue weighted by atomic mass is 10.1. The molecule has 1 aliphatic rings. The molecule has 2 aromatic carbocycles. The highest BCUT2D eigenvalue weighted by Crippen LogP contribution is 2.22. The zero-order chi connectivity index (χ0) is 19.4. The first-order chi connectivity index (χ1) is 13.0. The van der Waals surface area contributed by atoms with E-state index in [1.807, 2.05) is 19.1 Å². The molecule has 0 unspecified atom stereocenters. The van der Waals surface area contributed by atoms with E-state index >= 15 is 0 Å². The minimum Gasteiger partial charge on any atom is -0.496 e. The third-order valence-electron chi connectivity index (χ3n) is 4.81. The summed E-state index contributed by atoms with van der Waals surface area (Å²) in [5.74, 6) is 0.0256. The minimum absolute atomic E-state index is 0.0131. The lowest BCUT2D eigenvalue weighted by molar-refractivity contribution is -0.127. The summed E-state index contributed by atoms with van der Waals surface area (Å²) in [5.41, 5.74) is 2.29. The number of halogens is 1. The van der Waals surface area contributed by atoms with Gasteiger partial charge in [0.2, 0.25) is 5.91 Å². The molecule has 0 aliphatic carbocycles. The normalized spacial score (nSPS) is 16.5. The molecule has 1 saturated heterocycles. The van der Waals surface area contributed by atoms with Crippen molar-refractivity contribution < 1.29 is 18.7 Å². The highest BCUT2D eigenvalue weighted by molar-refractivity contribution is 5.99. The van der Waals surface area contributed by atoms with E-state index in [4.69, 9.17) is 4.74 Å². The first-order valence-electron chi connectivity index (χ1n) is 8.94. The van der Waals surface area contributed by atoms with Gasteiger partial charge < -0.3 is 15.0 Å². The molecule has 6 heteroatoms. The molecule has 5 nitrogen and oxygen atoms in total. The van der Waals surface area contributed by atoms with Gasteiger partial charge in [0, 0.05) is 19.5 Å². The van der Waals surface area contributed by atoms with Gasteiger partial charge in [-0.05, 0) is 42.7 Å². The van der Waals surface area contributed by atoms with Crippen LogP contribution in [-0.2, 0) is 11.2 Å². The summed E-state index contributed by atoms with van der Waals surface area (Å²) in [6.07, 6.45) is 0.932. The smallest absolute Gasteiger partial charge is 0.255 e. The Labute approximate surface area is 158 Å². The molecule has 1 aliphatic heterocycles. The second-order valence-electron chi connectivity index (χ2n) is 6.74. The average molecular weight is 370 g/mol. The van der Waals surface area contributed by atoms with Gasteiger partial charge in [-0.1, -0.05) is 24.3 Å². The van der Waals surface area contributed by atoms with E-state index in [1.54, 1.807) is 23.1 Å². The molecule has 0 saturated carbocycles. The summed E-state index contributed by atoms with van der Waals surface area (Å²) in [4.78, 5) is 26.7. The van der Waals surface area contributed by atoms with E-state index in [0.29, 0.717) is 30.8 Å². The number of methoxy groups -OCH3 is 1. The molecule has 1 fully saturated rings. The topological polar surface area (TPSA) is 58.6 Å². The Morgan fingerprint density at radius 1 is 1.26 bits per heavy atom. The Hall–Kier alpha value is -2.89. The van der Waals surface area contributed by atoms with Crippen LogP contribution in [0.3, 0.4) is 0 Å². The highest BCUT2D eigenvalue weighted by Gasteiger charge is 2.31. The van der Waals surface area contributed by atoms with Crippen LogP contribution in [0.4, 0.5) is 4.39 Å². The predicted molar refractivity (Wildman–Crippen MR) is 100 cm³/mol. The van der Waals surface area contributed by atoms with Crippen LogP contribution in [0.5, 0.6) is 5.75 Å². The lowest BCUT2D eigenvalue weighted by Crippen LogP contribution is -2.38. The number of hydrogen-bond donors (Lipinski definition) is 1. The van der Waals surface area contributed by atoms with Gasteiger partial charge in [-0.15, -0.1) is 0 Å². The number of ether oxygens (including phenoxy) is 1. The Balaban J connectivity index is 1.59. The number of hydrogen-bond acceptors (Lipinski definition) is 3. The van der Waals surface area contributed by atoms with Crippen molar-refractivity contribution in [1.29, 1.82) is 0 Å². The van der Waals surface area contributed by atoms with Crippen molar-refractivity contribution in [2.24, 2.45) is 0 Å². The van der Waals surface area contributed by atoms with Crippen molar-refractivity contribution in [3.8, 4) is 5.75 Å². The molecule has 2 aromatic rings. The first-order valence-corrected chi connectivity index (χ1v) is 8.94. The Morgan fingerprint density at radius 2 is 2.00 bits per heavy atom. The fourth-order valence-corrected chi connectivity index (χ4v) is 3.36. The standard InChI is InChI=1S/C21H23FN2O3/c1-14-4-3-5-18(27-2)20(14)21(26)23-17-12-19(25)24(13-17)11-10-15-6-8-16(22)9-7-15/h3-9,17H,10-13H2,1-2H3,(H,23,26)/t17-/m1/s1. The summed E-state index contributed by atoms with van der Waals surface area (Å²) in [6.45, 7) is 2.87.